The van der Waals surface area contributed by atoms with Gasteiger partial charge in [-0.25, -0.2) is 0 Å². The van der Waals surface area contributed by atoms with Crippen LogP contribution in [0, 0.1) is 0 Å². The van der Waals surface area contributed by atoms with Gasteiger partial charge in [-0.3, -0.25) is 4.55 Å². The van der Waals surface area contributed by atoms with Gasteiger partial charge in [0, 0.05) is 0 Å². The van der Waals surface area contributed by atoms with Gasteiger partial charge in [-0.1, -0.05) is 31.9 Å². The predicted octanol–water partition coefficient (Wildman–Crippen LogP) is 4.25. The molecule has 10 heteroatoms. The van der Waals surface area contributed by atoms with Crippen LogP contribution in [0.15, 0.2) is 11.5 Å². The molecule has 0 unspecified atom stereocenters. The molecule has 0 rings (SSSR count). The molecule has 0 aliphatic heterocycles. The largest absolute Gasteiger partial charge is 0.304 e. The fourth-order valence-corrected chi connectivity index (χ4v) is 2.04. The summed E-state index contributed by atoms with van der Waals surface area (Å²) in [6, 6.07) is 0. The summed E-state index contributed by atoms with van der Waals surface area (Å²) in [5.74, 6) is -0.488. The van der Waals surface area contributed by atoms with E-state index in [1.165, 1.54) is 0 Å². The van der Waals surface area contributed by atoms with Crippen molar-refractivity contribution in [2.75, 3.05) is 5.75 Å². The van der Waals surface area contributed by atoms with Crippen molar-refractivity contribution in [1.82, 2.24) is 0 Å². The molecule has 0 saturated carbocycles. The number of hydrogen-bond acceptors (Lipinski definition) is 2. The highest BCUT2D eigenvalue weighted by molar-refractivity contribution is 8.48. The van der Waals surface area contributed by atoms with Gasteiger partial charge in [0.1, 0.15) is 0 Å². The summed E-state index contributed by atoms with van der Waals surface area (Å²) in [5.41, 5.74) is 0. The molecule has 0 spiro atoms. The zero-order valence-corrected chi connectivity index (χ0v) is 10.3. The third-order valence-corrected chi connectivity index (χ3v) is 3.14. The van der Waals surface area contributed by atoms with Crippen molar-refractivity contribution >= 4 is 20.3 Å². The standard InChI is InChI=1S/C7H13F5O3S2/c8-17(9,10,11,12)7-5-3-1-2-4-6-16(13,14)15/h5,7H,1-4,6H2,(H,13,14,15). The van der Waals surface area contributed by atoms with E-state index in [9.17, 15) is 27.8 Å². The lowest BCUT2D eigenvalue weighted by atomic mass is 10.2. The predicted molar refractivity (Wildman–Crippen MR) is 57.2 cm³/mol. The number of hydrogen-bond donors (Lipinski definition) is 1. The lowest BCUT2D eigenvalue weighted by Gasteiger charge is -2.36. The zero-order valence-electron chi connectivity index (χ0n) is 8.66. The van der Waals surface area contributed by atoms with Gasteiger partial charge < -0.3 is 0 Å². The minimum absolute atomic E-state index is 0.0725. The van der Waals surface area contributed by atoms with Crippen molar-refractivity contribution in [2.45, 2.75) is 25.7 Å². The number of rotatable bonds is 7. The van der Waals surface area contributed by atoms with Crippen LogP contribution in [-0.4, -0.2) is 18.7 Å². The Morgan fingerprint density at radius 3 is 1.94 bits per heavy atom. The summed E-state index contributed by atoms with van der Waals surface area (Å²) in [6.07, 6.45) is 0.541. The molecule has 0 saturated heterocycles. The molecule has 106 valence electrons. The summed E-state index contributed by atoms with van der Waals surface area (Å²) in [4.78, 5) is 0. The summed E-state index contributed by atoms with van der Waals surface area (Å²) >= 11 is 0. The van der Waals surface area contributed by atoms with Crippen LogP contribution in [0.25, 0.3) is 0 Å². The van der Waals surface area contributed by atoms with Crippen LogP contribution >= 0.6 is 10.2 Å². The van der Waals surface area contributed by atoms with E-state index in [0.717, 1.165) is 0 Å². The highest BCUT2D eigenvalue weighted by atomic mass is 32.5. The average molecular weight is 304 g/mol. The van der Waals surface area contributed by atoms with Gasteiger partial charge >= 0.3 is 10.2 Å². The molecule has 1 N–H and O–H groups in total. The second-order valence-corrected chi connectivity index (χ2v) is 7.44. The van der Waals surface area contributed by atoms with Crippen LogP contribution in [0.5, 0.6) is 0 Å². The van der Waals surface area contributed by atoms with Crippen molar-refractivity contribution in [2.24, 2.45) is 0 Å². The molecule has 0 aliphatic rings. The fourth-order valence-electron chi connectivity index (χ4n) is 0.973. The van der Waals surface area contributed by atoms with E-state index in [1.54, 1.807) is 0 Å². The van der Waals surface area contributed by atoms with Crippen LogP contribution in [-0.2, 0) is 10.1 Å². The Morgan fingerprint density at radius 1 is 1.00 bits per heavy atom. The van der Waals surface area contributed by atoms with Crippen molar-refractivity contribution in [3.8, 4) is 0 Å². The first-order chi connectivity index (χ1) is 7.18. The Labute approximate surface area is 96.2 Å². The fraction of sp³-hybridized carbons (Fsp3) is 0.714. The van der Waals surface area contributed by atoms with Crippen LogP contribution in [0.3, 0.4) is 0 Å². The first-order valence-corrected chi connectivity index (χ1v) is 8.18. The van der Waals surface area contributed by atoms with Gasteiger partial charge in [-0.05, 0) is 19.3 Å². The van der Waals surface area contributed by atoms with Gasteiger partial charge in [0.25, 0.3) is 10.1 Å². The number of allylic oxidation sites excluding steroid dienone is 1. The van der Waals surface area contributed by atoms with Gasteiger partial charge in [0.2, 0.25) is 0 Å². The Bertz CT molecular complexity index is 382. The zero-order chi connectivity index (χ0) is 13.9. The molecule has 3 nitrogen and oxygen atoms in total. The Balaban J connectivity index is 3.86. The third-order valence-electron chi connectivity index (χ3n) is 1.63. The van der Waals surface area contributed by atoms with Crippen molar-refractivity contribution in [1.29, 1.82) is 0 Å². The van der Waals surface area contributed by atoms with E-state index < -0.39 is 31.5 Å². The van der Waals surface area contributed by atoms with E-state index >= 15 is 0 Å². The van der Waals surface area contributed by atoms with E-state index in [4.69, 9.17) is 4.55 Å². The van der Waals surface area contributed by atoms with E-state index in [-0.39, 0.29) is 25.7 Å². The van der Waals surface area contributed by atoms with Crippen LogP contribution in [0.1, 0.15) is 25.7 Å². The second kappa shape index (κ2) is 4.39. The van der Waals surface area contributed by atoms with Gasteiger partial charge in [-0.2, -0.15) is 8.42 Å². The highest BCUT2D eigenvalue weighted by Crippen LogP contribution is 2.98. The minimum atomic E-state index is -9.46. The molecule has 0 amide bonds. The first-order valence-electron chi connectivity index (χ1n) is 4.55. The normalized spacial score (nSPS) is 18.0. The average Bonchev–Trinajstić information content (AvgIpc) is 1.95. The lowest BCUT2D eigenvalue weighted by Crippen LogP contribution is -2.03. The molecule has 0 bridgehead atoms. The highest BCUT2D eigenvalue weighted by Gasteiger charge is 2.60. The lowest BCUT2D eigenvalue weighted by molar-refractivity contribution is 0.384. The quantitative estimate of drug-likeness (QED) is 0.434. The Kier molecular flexibility index (Phi) is 4.30. The van der Waals surface area contributed by atoms with Gasteiger partial charge in [0.15, 0.2) is 0 Å². The monoisotopic (exact) mass is 304 g/mol. The molecular formula is C7H13F5O3S2. The van der Waals surface area contributed by atoms with Crippen molar-refractivity contribution in [3.63, 3.8) is 0 Å². The molecule has 0 aromatic heterocycles. The minimum Gasteiger partial charge on any atom is -0.286 e. The van der Waals surface area contributed by atoms with Crippen LogP contribution < -0.4 is 0 Å². The number of unbranched alkanes of at least 4 members (excludes halogenated alkanes) is 3. The smallest absolute Gasteiger partial charge is 0.286 e. The Hall–Kier alpha value is -0.350. The molecule has 0 aromatic rings. The van der Waals surface area contributed by atoms with E-state index in [1.807, 2.05) is 0 Å². The molecular weight excluding hydrogens is 291 g/mol. The molecule has 0 heterocycles. The van der Waals surface area contributed by atoms with Crippen molar-refractivity contribution in [3.05, 3.63) is 11.5 Å². The Morgan fingerprint density at radius 2 is 1.53 bits per heavy atom. The summed E-state index contributed by atoms with van der Waals surface area (Å²) in [5, 5.41) is -1.01. The van der Waals surface area contributed by atoms with Gasteiger partial charge in [0.05, 0.1) is 11.2 Å². The first kappa shape index (κ1) is 16.6. The molecule has 0 radical (unpaired) electrons. The van der Waals surface area contributed by atoms with Crippen LogP contribution in [0.2, 0.25) is 0 Å². The molecule has 0 fully saturated rings. The number of halogens is 5. The van der Waals surface area contributed by atoms with Gasteiger partial charge in [-0.15, -0.1) is 0 Å². The van der Waals surface area contributed by atoms with E-state index in [2.05, 4.69) is 0 Å². The molecule has 0 aliphatic carbocycles. The second-order valence-electron chi connectivity index (χ2n) is 3.54. The molecule has 0 atom stereocenters. The summed E-state index contributed by atoms with van der Waals surface area (Å²) in [6.45, 7) is 0. The maximum absolute atomic E-state index is 11.7. The van der Waals surface area contributed by atoms with E-state index in [0.29, 0.717) is 6.08 Å². The molecule has 0 aromatic carbocycles. The summed E-state index contributed by atoms with van der Waals surface area (Å²) in [7, 11) is -13.5. The SMILES string of the molecule is O=S(=O)(O)CCCCCC=CS(F)(F)(F)(F)F. The topological polar surface area (TPSA) is 54.4 Å². The van der Waals surface area contributed by atoms with Crippen LogP contribution in [0.4, 0.5) is 19.4 Å². The van der Waals surface area contributed by atoms with Crippen molar-refractivity contribution < 1.29 is 32.4 Å². The maximum atomic E-state index is 11.7. The summed E-state index contributed by atoms with van der Waals surface area (Å²) < 4.78 is 87.5. The molecule has 17 heavy (non-hydrogen) atoms. The maximum Gasteiger partial charge on any atom is 0.304 e. The third kappa shape index (κ3) is 15.6.